The Kier molecular flexibility index (Phi) is 6.03. The predicted octanol–water partition coefficient (Wildman–Crippen LogP) is 4.79. The van der Waals surface area contributed by atoms with Gasteiger partial charge in [0.25, 0.3) is 0 Å². The highest BCUT2D eigenvalue weighted by Crippen LogP contribution is 2.38. The van der Waals surface area contributed by atoms with Crippen molar-refractivity contribution in [3.8, 4) is 0 Å². The zero-order valence-electron chi connectivity index (χ0n) is 12.5. The van der Waals surface area contributed by atoms with Gasteiger partial charge in [-0.3, -0.25) is 0 Å². The van der Waals surface area contributed by atoms with Gasteiger partial charge in [0.15, 0.2) is 0 Å². The van der Waals surface area contributed by atoms with Crippen LogP contribution in [0.5, 0.6) is 0 Å². The molecule has 20 heavy (non-hydrogen) atoms. The van der Waals surface area contributed by atoms with Crippen molar-refractivity contribution in [1.82, 2.24) is 5.32 Å². The molecule has 0 radical (unpaired) electrons. The molecule has 3 unspecified atom stereocenters. The summed E-state index contributed by atoms with van der Waals surface area (Å²) in [7, 11) is 2.03. The fraction of sp³-hybridized carbons (Fsp3) is 0.647. The SMILES string of the molecule is CCC1CCC(CNC)C(Cc2cccc(F)c2Br)C1. The van der Waals surface area contributed by atoms with Crippen LogP contribution in [0.15, 0.2) is 22.7 Å². The molecule has 1 fully saturated rings. The molecule has 3 heteroatoms. The maximum Gasteiger partial charge on any atom is 0.137 e. The van der Waals surface area contributed by atoms with Crippen LogP contribution in [0.1, 0.15) is 38.2 Å². The van der Waals surface area contributed by atoms with Crippen molar-refractivity contribution in [3.05, 3.63) is 34.1 Å². The fourth-order valence-corrected chi connectivity index (χ4v) is 3.99. The van der Waals surface area contributed by atoms with Crippen LogP contribution in [0.3, 0.4) is 0 Å². The number of hydrogen-bond donors (Lipinski definition) is 1. The van der Waals surface area contributed by atoms with Gasteiger partial charge in [0.05, 0.1) is 4.47 Å². The van der Waals surface area contributed by atoms with Crippen molar-refractivity contribution in [3.63, 3.8) is 0 Å². The Morgan fingerprint density at radius 1 is 1.30 bits per heavy atom. The highest BCUT2D eigenvalue weighted by molar-refractivity contribution is 9.10. The lowest BCUT2D eigenvalue weighted by molar-refractivity contribution is 0.173. The maximum absolute atomic E-state index is 13.7. The normalized spacial score (nSPS) is 26.7. The van der Waals surface area contributed by atoms with Gasteiger partial charge in [0.1, 0.15) is 5.82 Å². The van der Waals surface area contributed by atoms with Gasteiger partial charge in [0, 0.05) is 0 Å². The standard InChI is InChI=1S/C17H25BrFN/c1-3-12-7-8-14(11-20-2)15(9-12)10-13-5-4-6-16(19)17(13)18/h4-6,12,14-15,20H,3,7-11H2,1-2H3. The van der Waals surface area contributed by atoms with Crippen LogP contribution in [-0.2, 0) is 6.42 Å². The first kappa shape index (κ1) is 16.0. The van der Waals surface area contributed by atoms with Gasteiger partial charge in [0.2, 0.25) is 0 Å². The highest BCUT2D eigenvalue weighted by Gasteiger charge is 2.29. The van der Waals surface area contributed by atoms with Crippen molar-refractivity contribution in [2.24, 2.45) is 17.8 Å². The lowest BCUT2D eigenvalue weighted by atomic mass is 9.71. The summed E-state index contributed by atoms with van der Waals surface area (Å²) < 4.78 is 14.3. The van der Waals surface area contributed by atoms with Crippen molar-refractivity contribution in [2.45, 2.75) is 39.0 Å². The third-order valence-electron chi connectivity index (χ3n) is 4.81. The second kappa shape index (κ2) is 7.56. The van der Waals surface area contributed by atoms with Crippen molar-refractivity contribution < 1.29 is 4.39 Å². The third kappa shape index (κ3) is 3.82. The Morgan fingerprint density at radius 2 is 2.10 bits per heavy atom. The molecule has 2 rings (SSSR count). The largest absolute Gasteiger partial charge is 0.319 e. The van der Waals surface area contributed by atoms with E-state index in [-0.39, 0.29) is 5.82 Å². The Hall–Kier alpha value is -0.410. The first-order chi connectivity index (χ1) is 9.65. The van der Waals surface area contributed by atoms with Crippen LogP contribution in [0, 0.1) is 23.6 Å². The predicted molar refractivity (Wildman–Crippen MR) is 86.3 cm³/mol. The monoisotopic (exact) mass is 341 g/mol. The van der Waals surface area contributed by atoms with E-state index in [1.807, 2.05) is 13.1 Å². The van der Waals surface area contributed by atoms with Gasteiger partial charge in [-0.2, -0.15) is 0 Å². The third-order valence-corrected chi connectivity index (χ3v) is 5.69. The molecule has 1 nitrogen and oxygen atoms in total. The molecule has 0 heterocycles. The minimum atomic E-state index is -0.143. The zero-order chi connectivity index (χ0) is 14.5. The van der Waals surface area contributed by atoms with E-state index in [9.17, 15) is 4.39 Å². The minimum absolute atomic E-state index is 0.143. The lowest BCUT2D eigenvalue weighted by Gasteiger charge is -2.36. The summed E-state index contributed by atoms with van der Waals surface area (Å²) in [5.41, 5.74) is 1.12. The van der Waals surface area contributed by atoms with E-state index in [1.54, 1.807) is 0 Å². The first-order valence-electron chi connectivity index (χ1n) is 7.73. The van der Waals surface area contributed by atoms with E-state index in [4.69, 9.17) is 0 Å². The molecule has 1 aromatic carbocycles. The van der Waals surface area contributed by atoms with Crippen LogP contribution < -0.4 is 5.32 Å². The molecular weight excluding hydrogens is 317 g/mol. The van der Waals surface area contributed by atoms with Crippen LogP contribution in [0.25, 0.3) is 0 Å². The van der Waals surface area contributed by atoms with Gasteiger partial charge in [-0.15, -0.1) is 0 Å². The second-order valence-electron chi connectivity index (χ2n) is 6.08. The molecule has 0 aromatic heterocycles. The first-order valence-corrected chi connectivity index (χ1v) is 8.52. The summed E-state index contributed by atoms with van der Waals surface area (Å²) in [6.07, 6.45) is 6.20. The smallest absolute Gasteiger partial charge is 0.137 e. The topological polar surface area (TPSA) is 12.0 Å². The molecule has 0 saturated heterocycles. The molecule has 112 valence electrons. The van der Waals surface area contributed by atoms with E-state index >= 15 is 0 Å². The summed E-state index contributed by atoms with van der Waals surface area (Å²) in [5.74, 6) is 2.09. The summed E-state index contributed by atoms with van der Waals surface area (Å²) in [6, 6.07) is 5.40. The molecule has 1 aliphatic carbocycles. The molecule has 0 amide bonds. The zero-order valence-corrected chi connectivity index (χ0v) is 14.0. The summed E-state index contributed by atoms with van der Waals surface area (Å²) in [4.78, 5) is 0. The quantitative estimate of drug-likeness (QED) is 0.811. The van der Waals surface area contributed by atoms with Gasteiger partial charge >= 0.3 is 0 Å². The number of halogens is 2. The molecule has 1 N–H and O–H groups in total. The molecule has 0 aliphatic heterocycles. The summed E-state index contributed by atoms with van der Waals surface area (Å²) in [5, 5.41) is 3.33. The molecule has 1 aliphatic rings. The van der Waals surface area contributed by atoms with E-state index in [0.717, 1.165) is 30.4 Å². The van der Waals surface area contributed by atoms with Crippen molar-refractivity contribution in [2.75, 3.05) is 13.6 Å². The Morgan fingerprint density at radius 3 is 2.80 bits per heavy atom. The van der Waals surface area contributed by atoms with Gasteiger partial charge in [-0.05, 0) is 78.2 Å². The average Bonchev–Trinajstić information content (AvgIpc) is 2.46. The molecular formula is C17H25BrFN. The van der Waals surface area contributed by atoms with Crippen LogP contribution in [0.4, 0.5) is 4.39 Å². The second-order valence-corrected chi connectivity index (χ2v) is 6.88. The molecule has 0 bridgehead atoms. The number of rotatable bonds is 5. The summed E-state index contributed by atoms with van der Waals surface area (Å²) >= 11 is 3.41. The minimum Gasteiger partial charge on any atom is -0.319 e. The number of hydrogen-bond acceptors (Lipinski definition) is 1. The maximum atomic E-state index is 13.7. The molecule has 3 atom stereocenters. The van der Waals surface area contributed by atoms with Gasteiger partial charge < -0.3 is 5.32 Å². The van der Waals surface area contributed by atoms with Crippen LogP contribution in [0.2, 0.25) is 0 Å². The molecule has 0 spiro atoms. The van der Waals surface area contributed by atoms with Crippen molar-refractivity contribution in [1.29, 1.82) is 0 Å². The van der Waals surface area contributed by atoms with E-state index in [0.29, 0.717) is 10.4 Å². The van der Waals surface area contributed by atoms with E-state index < -0.39 is 0 Å². The Labute approximate surface area is 130 Å². The molecule has 1 saturated carbocycles. The van der Waals surface area contributed by atoms with E-state index in [1.165, 1.54) is 31.7 Å². The van der Waals surface area contributed by atoms with Crippen molar-refractivity contribution >= 4 is 15.9 Å². The van der Waals surface area contributed by atoms with E-state index in [2.05, 4.69) is 34.2 Å². The van der Waals surface area contributed by atoms with Crippen LogP contribution in [-0.4, -0.2) is 13.6 Å². The summed E-state index contributed by atoms with van der Waals surface area (Å²) in [6.45, 7) is 3.37. The van der Waals surface area contributed by atoms with Gasteiger partial charge in [-0.1, -0.05) is 31.9 Å². The number of nitrogens with one attached hydrogen (secondary N) is 1. The Bertz CT molecular complexity index is 435. The fourth-order valence-electron chi connectivity index (χ4n) is 3.56. The van der Waals surface area contributed by atoms with Crippen LogP contribution >= 0.6 is 15.9 Å². The average molecular weight is 342 g/mol. The van der Waals surface area contributed by atoms with Gasteiger partial charge in [-0.25, -0.2) is 4.39 Å². The Balaban J connectivity index is 2.12. The lowest BCUT2D eigenvalue weighted by Crippen LogP contribution is -2.33. The number of benzene rings is 1. The highest BCUT2D eigenvalue weighted by atomic mass is 79.9. The molecule has 1 aromatic rings.